The van der Waals surface area contributed by atoms with Crippen LogP contribution in [0.1, 0.15) is 23.3 Å². The fourth-order valence-electron chi connectivity index (χ4n) is 2.54. The number of halogens is 2. The molecule has 0 spiro atoms. The molecule has 112 valence electrons. The molecule has 1 fully saturated rings. The van der Waals surface area contributed by atoms with E-state index in [2.05, 4.69) is 45.5 Å². The van der Waals surface area contributed by atoms with Gasteiger partial charge in [0.2, 0.25) is 0 Å². The van der Waals surface area contributed by atoms with E-state index in [1.807, 2.05) is 23.5 Å². The minimum atomic E-state index is 0.636. The highest BCUT2D eigenvalue weighted by atomic mass is 79.9. The van der Waals surface area contributed by atoms with Crippen molar-refractivity contribution in [1.29, 1.82) is 0 Å². The van der Waals surface area contributed by atoms with E-state index < -0.39 is 0 Å². The van der Waals surface area contributed by atoms with Gasteiger partial charge in [0.25, 0.3) is 0 Å². The molecule has 0 radical (unpaired) electrons. The molecule has 1 heterocycles. The van der Waals surface area contributed by atoms with Crippen LogP contribution >= 0.6 is 38.9 Å². The quantitative estimate of drug-likeness (QED) is 0.681. The first kappa shape index (κ1) is 15.5. The fraction of sp³-hybridized carbons (Fsp3) is 0.412. The predicted octanol–water partition coefficient (Wildman–Crippen LogP) is 5.32. The lowest BCUT2D eigenvalue weighted by Gasteiger charge is -2.17. The molecule has 1 atom stereocenters. The van der Waals surface area contributed by atoms with Crippen LogP contribution in [0.15, 0.2) is 40.2 Å². The molecule has 0 saturated heterocycles. The van der Waals surface area contributed by atoms with Gasteiger partial charge in [-0.3, -0.25) is 0 Å². The van der Waals surface area contributed by atoms with Gasteiger partial charge in [-0.1, -0.05) is 23.7 Å². The molecule has 0 amide bonds. The number of nitrogens with one attached hydrogen (secondary N) is 1. The molecule has 3 rings (SSSR count). The van der Waals surface area contributed by atoms with Gasteiger partial charge < -0.3 is 5.32 Å². The van der Waals surface area contributed by atoms with Crippen LogP contribution in [0, 0.1) is 5.92 Å². The Morgan fingerprint density at radius 3 is 2.52 bits per heavy atom. The molecule has 4 heteroatoms. The smallest absolute Gasteiger partial charge is 0.0701 e. The van der Waals surface area contributed by atoms with Crippen LogP contribution in [-0.4, -0.2) is 12.6 Å². The Labute approximate surface area is 143 Å². The van der Waals surface area contributed by atoms with E-state index in [4.69, 9.17) is 11.6 Å². The summed E-state index contributed by atoms with van der Waals surface area (Å²) in [5.74, 6) is 0.636. The summed E-state index contributed by atoms with van der Waals surface area (Å²) in [5.41, 5.74) is 1.37. The molecule has 0 bridgehead atoms. The largest absolute Gasteiger partial charge is 0.314 e. The zero-order valence-corrected chi connectivity index (χ0v) is 15.0. The van der Waals surface area contributed by atoms with Crippen LogP contribution < -0.4 is 5.32 Å². The maximum absolute atomic E-state index is 5.98. The van der Waals surface area contributed by atoms with Gasteiger partial charge in [0.15, 0.2) is 0 Å². The van der Waals surface area contributed by atoms with Gasteiger partial charge in [-0.25, -0.2) is 0 Å². The van der Waals surface area contributed by atoms with Crippen molar-refractivity contribution in [2.75, 3.05) is 6.54 Å². The van der Waals surface area contributed by atoms with E-state index in [-0.39, 0.29) is 0 Å². The Morgan fingerprint density at radius 2 is 1.90 bits per heavy atom. The summed E-state index contributed by atoms with van der Waals surface area (Å²) in [6.07, 6.45) is 4.93. The summed E-state index contributed by atoms with van der Waals surface area (Å²) >= 11 is 11.4. The summed E-state index contributed by atoms with van der Waals surface area (Å²) in [4.78, 5) is 1.46. The number of hydrogen-bond acceptors (Lipinski definition) is 2. The standard InChI is InChI=1S/C17H19BrClNS/c18-17-8-7-16(21-17)10-13(11-20-15-5-6-15)9-12-1-3-14(19)4-2-12/h1-4,7-8,13,15,20H,5-6,9-11H2. The Morgan fingerprint density at radius 1 is 1.14 bits per heavy atom. The molecular weight excluding hydrogens is 366 g/mol. The van der Waals surface area contributed by atoms with Crippen LogP contribution in [0.3, 0.4) is 0 Å². The van der Waals surface area contributed by atoms with E-state index in [1.165, 1.54) is 27.1 Å². The van der Waals surface area contributed by atoms with Crippen LogP contribution in [0.25, 0.3) is 0 Å². The molecule has 1 nitrogen and oxygen atoms in total. The predicted molar refractivity (Wildman–Crippen MR) is 95.4 cm³/mol. The highest BCUT2D eigenvalue weighted by molar-refractivity contribution is 9.11. The third-order valence-electron chi connectivity index (χ3n) is 3.83. The van der Waals surface area contributed by atoms with Crippen molar-refractivity contribution in [3.05, 3.63) is 55.6 Å². The van der Waals surface area contributed by atoms with Gasteiger partial charge in [0.1, 0.15) is 0 Å². The van der Waals surface area contributed by atoms with Crippen molar-refractivity contribution >= 4 is 38.9 Å². The summed E-state index contributed by atoms with van der Waals surface area (Å²) in [5, 5.41) is 4.50. The lowest BCUT2D eigenvalue weighted by molar-refractivity contribution is 0.471. The normalized spacial score (nSPS) is 16.1. The number of benzene rings is 1. The van der Waals surface area contributed by atoms with Crippen molar-refractivity contribution in [2.45, 2.75) is 31.7 Å². The topological polar surface area (TPSA) is 12.0 Å². The van der Waals surface area contributed by atoms with E-state index in [0.29, 0.717) is 5.92 Å². The van der Waals surface area contributed by atoms with Gasteiger partial charge in [0.05, 0.1) is 3.79 Å². The molecule has 0 aliphatic heterocycles. The summed E-state index contributed by atoms with van der Waals surface area (Å²) in [6.45, 7) is 1.10. The Hall–Kier alpha value is -0.350. The first-order valence-electron chi connectivity index (χ1n) is 7.41. The van der Waals surface area contributed by atoms with E-state index in [1.54, 1.807) is 0 Å². The Bertz CT molecular complexity index is 577. The summed E-state index contributed by atoms with van der Waals surface area (Å²) < 4.78 is 1.22. The van der Waals surface area contributed by atoms with Crippen molar-refractivity contribution < 1.29 is 0 Å². The second-order valence-electron chi connectivity index (χ2n) is 5.79. The SMILES string of the molecule is Clc1ccc(CC(CNC2CC2)Cc2ccc(Br)s2)cc1. The first-order valence-corrected chi connectivity index (χ1v) is 9.40. The highest BCUT2D eigenvalue weighted by Gasteiger charge is 2.22. The average Bonchev–Trinajstić information content (AvgIpc) is 3.21. The Kier molecular flexibility index (Phi) is 5.38. The van der Waals surface area contributed by atoms with Gasteiger partial charge >= 0.3 is 0 Å². The molecule has 1 aliphatic carbocycles. The maximum Gasteiger partial charge on any atom is 0.0701 e. The van der Waals surface area contributed by atoms with Crippen LogP contribution in [0.2, 0.25) is 5.02 Å². The second-order valence-corrected chi connectivity index (χ2v) is 8.77. The fourth-order valence-corrected chi connectivity index (χ4v) is 4.26. The van der Waals surface area contributed by atoms with Crippen LogP contribution in [0.4, 0.5) is 0 Å². The zero-order valence-electron chi connectivity index (χ0n) is 11.8. The molecule has 1 aromatic heterocycles. The minimum absolute atomic E-state index is 0.636. The van der Waals surface area contributed by atoms with Crippen LogP contribution in [-0.2, 0) is 12.8 Å². The van der Waals surface area contributed by atoms with Gasteiger partial charge in [-0.05, 0) is 83.9 Å². The minimum Gasteiger partial charge on any atom is -0.314 e. The molecule has 1 saturated carbocycles. The van der Waals surface area contributed by atoms with Crippen LogP contribution in [0.5, 0.6) is 0 Å². The van der Waals surface area contributed by atoms with Crippen molar-refractivity contribution in [3.8, 4) is 0 Å². The molecule has 1 aliphatic rings. The second kappa shape index (κ2) is 7.28. The molecular formula is C17H19BrClNS. The monoisotopic (exact) mass is 383 g/mol. The maximum atomic E-state index is 5.98. The average molecular weight is 385 g/mol. The number of thiophene rings is 1. The van der Waals surface area contributed by atoms with E-state index in [9.17, 15) is 0 Å². The van der Waals surface area contributed by atoms with E-state index >= 15 is 0 Å². The third kappa shape index (κ3) is 5.10. The van der Waals surface area contributed by atoms with Crippen molar-refractivity contribution in [2.24, 2.45) is 5.92 Å². The molecule has 21 heavy (non-hydrogen) atoms. The zero-order chi connectivity index (χ0) is 14.7. The molecule has 1 unspecified atom stereocenters. The first-order chi connectivity index (χ1) is 10.2. The van der Waals surface area contributed by atoms with Gasteiger partial charge in [0, 0.05) is 15.9 Å². The van der Waals surface area contributed by atoms with Gasteiger partial charge in [-0.2, -0.15) is 0 Å². The third-order valence-corrected chi connectivity index (χ3v) is 5.73. The van der Waals surface area contributed by atoms with Crippen molar-refractivity contribution in [1.82, 2.24) is 5.32 Å². The lowest BCUT2D eigenvalue weighted by Crippen LogP contribution is -2.27. The summed E-state index contributed by atoms with van der Waals surface area (Å²) in [7, 11) is 0. The molecule has 1 N–H and O–H groups in total. The van der Waals surface area contributed by atoms with Gasteiger partial charge in [-0.15, -0.1) is 11.3 Å². The number of hydrogen-bond donors (Lipinski definition) is 1. The molecule has 2 aromatic rings. The van der Waals surface area contributed by atoms with E-state index in [0.717, 1.165) is 30.5 Å². The lowest BCUT2D eigenvalue weighted by atomic mass is 9.95. The summed E-state index contributed by atoms with van der Waals surface area (Å²) in [6, 6.07) is 13.4. The molecule has 1 aromatic carbocycles. The highest BCUT2D eigenvalue weighted by Crippen LogP contribution is 2.26. The van der Waals surface area contributed by atoms with Crippen molar-refractivity contribution in [3.63, 3.8) is 0 Å². The number of rotatable bonds is 7. The Balaban J connectivity index is 1.63.